The Bertz CT molecular complexity index is 602. The number of aromatic nitrogens is 1. The maximum atomic E-state index is 12.4. The number of hydrogen-bond donors (Lipinski definition) is 0. The third kappa shape index (κ3) is 2.98. The van der Waals surface area contributed by atoms with Crippen LogP contribution in [-0.2, 0) is 22.3 Å². The molecule has 0 saturated heterocycles. The van der Waals surface area contributed by atoms with Crippen LogP contribution in [0.1, 0.15) is 17.0 Å². The van der Waals surface area contributed by atoms with Gasteiger partial charge in [-0.25, -0.2) is 4.98 Å². The minimum Gasteiger partial charge on any atom is -0.460 e. The molecule has 0 bridgehead atoms. The topological polar surface area (TPSA) is 52.3 Å². The third-order valence-electron chi connectivity index (χ3n) is 2.63. The quantitative estimate of drug-likeness (QED) is 0.808. The molecule has 0 aliphatic rings. The molecule has 0 fully saturated rings. The molecule has 0 saturated carbocycles. The number of alkyl halides is 3. The molecule has 20 heavy (non-hydrogen) atoms. The molecule has 2 aromatic rings. The minimum atomic E-state index is -4.38. The number of nitrogens with zero attached hydrogens (tertiary/aromatic N) is 1. The van der Waals surface area contributed by atoms with E-state index in [0.717, 1.165) is 12.1 Å². The number of oxazole rings is 1. The number of aryl methyl sites for hydroxylation is 1. The average Bonchev–Trinajstić information content (AvgIpc) is 2.77. The third-order valence-corrected chi connectivity index (χ3v) is 2.63. The lowest BCUT2D eigenvalue weighted by atomic mass is 10.1. The highest BCUT2D eigenvalue weighted by atomic mass is 19.4. The molecule has 0 spiro atoms. The van der Waals surface area contributed by atoms with E-state index in [0.29, 0.717) is 17.0 Å². The summed E-state index contributed by atoms with van der Waals surface area (Å²) in [6.07, 6.45) is -4.38. The molecule has 2 rings (SSSR count). The summed E-state index contributed by atoms with van der Waals surface area (Å²) in [7, 11) is 0. The van der Waals surface area contributed by atoms with Crippen LogP contribution in [-0.4, -0.2) is 11.5 Å². The maximum Gasteiger partial charge on any atom is 0.416 e. The lowest BCUT2D eigenvalue weighted by molar-refractivity contribution is -0.137. The van der Waals surface area contributed by atoms with Gasteiger partial charge in [-0.2, -0.15) is 13.2 Å². The Morgan fingerprint density at radius 1 is 1.30 bits per heavy atom. The molecule has 106 valence electrons. The average molecular weight is 285 g/mol. The Kier molecular flexibility index (Phi) is 3.78. The predicted octanol–water partition coefficient (Wildman–Crippen LogP) is 3.34. The molecule has 0 unspecified atom stereocenters. The number of hydrogen-bond acceptors (Lipinski definition) is 4. The monoisotopic (exact) mass is 285 g/mol. The van der Waals surface area contributed by atoms with Crippen molar-refractivity contribution >= 4 is 6.47 Å². The van der Waals surface area contributed by atoms with E-state index in [1.165, 1.54) is 12.1 Å². The molecule has 1 heterocycles. The van der Waals surface area contributed by atoms with Crippen LogP contribution in [0.3, 0.4) is 0 Å². The van der Waals surface area contributed by atoms with Crippen LogP contribution in [0.15, 0.2) is 28.7 Å². The van der Waals surface area contributed by atoms with Crippen molar-refractivity contribution in [1.29, 1.82) is 0 Å². The van der Waals surface area contributed by atoms with Crippen LogP contribution in [0.25, 0.3) is 11.5 Å². The molecule has 1 aromatic heterocycles. The van der Waals surface area contributed by atoms with Gasteiger partial charge in [0.1, 0.15) is 0 Å². The molecule has 0 aliphatic heterocycles. The normalized spacial score (nSPS) is 11.4. The van der Waals surface area contributed by atoms with Gasteiger partial charge in [-0.3, -0.25) is 4.79 Å². The van der Waals surface area contributed by atoms with E-state index in [9.17, 15) is 18.0 Å². The number of rotatable bonds is 4. The number of carbonyl (C=O) groups is 1. The summed E-state index contributed by atoms with van der Waals surface area (Å²) in [5.74, 6) is 0.535. The van der Waals surface area contributed by atoms with E-state index in [4.69, 9.17) is 4.42 Å². The zero-order chi connectivity index (χ0) is 14.8. The van der Waals surface area contributed by atoms with Crippen molar-refractivity contribution in [2.75, 3.05) is 0 Å². The van der Waals surface area contributed by atoms with Gasteiger partial charge in [-0.1, -0.05) is 0 Å². The fourth-order valence-electron chi connectivity index (χ4n) is 1.60. The molecule has 1 aromatic carbocycles. The number of ether oxygens (including phenoxy) is 1. The van der Waals surface area contributed by atoms with Crippen LogP contribution in [0, 0.1) is 6.92 Å². The van der Waals surface area contributed by atoms with Crippen LogP contribution in [0.4, 0.5) is 13.2 Å². The predicted molar refractivity (Wildman–Crippen MR) is 62.5 cm³/mol. The van der Waals surface area contributed by atoms with Gasteiger partial charge in [0.05, 0.1) is 11.3 Å². The van der Waals surface area contributed by atoms with Gasteiger partial charge < -0.3 is 9.15 Å². The summed E-state index contributed by atoms with van der Waals surface area (Å²) in [6.45, 7) is 1.86. The van der Waals surface area contributed by atoms with Crippen molar-refractivity contribution in [3.05, 3.63) is 41.3 Å². The van der Waals surface area contributed by atoms with E-state index < -0.39 is 11.7 Å². The van der Waals surface area contributed by atoms with Crippen molar-refractivity contribution in [2.45, 2.75) is 19.7 Å². The van der Waals surface area contributed by atoms with Crippen molar-refractivity contribution < 1.29 is 27.1 Å². The SMILES string of the molecule is Cc1nc(-c2ccc(C(F)(F)F)cc2)oc1COC=O. The first-order valence-electron chi connectivity index (χ1n) is 5.61. The van der Waals surface area contributed by atoms with Crippen molar-refractivity contribution in [2.24, 2.45) is 0 Å². The van der Waals surface area contributed by atoms with Crippen molar-refractivity contribution in [3.8, 4) is 11.5 Å². The fraction of sp³-hybridized carbons (Fsp3) is 0.231. The van der Waals surface area contributed by atoms with E-state index in [-0.39, 0.29) is 19.0 Å². The van der Waals surface area contributed by atoms with E-state index >= 15 is 0 Å². The summed E-state index contributed by atoms with van der Waals surface area (Å²) >= 11 is 0. The molecular weight excluding hydrogens is 275 g/mol. The van der Waals surface area contributed by atoms with E-state index in [1.807, 2.05) is 0 Å². The largest absolute Gasteiger partial charge is 0.460 e. The lowest BCUT2D eigenvalue weighted by Gasteiger charge is -2.06. The molecule has 0 radical (unpaired) electrons. The Labute approximate surface area is 112 Å². The van der Waals surface area contributed by atoms with Crippen LogP contribution in [0.5, 0.6) is 0 Å². The highest BCUT2D eigenvalue weighted by Crippen LogP contribution is 2.31. The van der Waals surface area contributed by atoms with E-state index in [1.54, 1.807) is 6.92 Å². The second-order valence-corrected chi connectivity index (χ2v) is 4.01. The molecular formula is C13H10F3NO3. The van der Waals surface area contributed by atoms with Gasteiger partial charge >= 0.3 is 6.18 Å². The molecule has 4 nitrogen and oxygen atoms in total. The van der Waals surface area contributed by atoms with Gasteiger partial charge in [0.15, 0.2) is 12.4 Å². The van der Waals surface area contributed by atoms with Gasteiger partial charge in [0.2, 0.25) is 5.89 Å². The lowest BCUT2D eigenvalue weighted by Crippen LogP contribution is -2.03. The number of benzene rings is 1. The molecule has 0 aliphatic carbocycles. The molecule has 7 heteroatoms. The molecule has 0 N–H and O–H groups in total. The Morgan fingerprint density at radius 2 is 1.95 bits per heavy atom. The zero-order valence-corrected chi connectivity index (χ0v) is 10.4. The molecule has 0 amide bonds. The Hall–Kier alpha value is -2.31. The summed E-state index contributed by atoms with van der Waals surface area (Å²) < 4.78 is 47.2. The number of carbonyl (C=O) groups excluding carboxylic acids is 1. The first-order chi connectivity index (χ1) is 9.41. The second kappa shape index (κ2) is 5.36. The highest BCUT2D eigenvalue weighted by molar-refractivity contribution is 5.54. The summed E-state index contributed by atoms with van der Waals surface area (Å²) in [4.78, 5) is 14.2. The number of halogens is 3. The minimum absolute atomic E-state index is 0.0665. The van der Waals surface area contributed by atoms with Gasteiger partial charge in [-0.15, -0.1) is 0 Å². The highest BCUT2D eigenvalue weighted by Gasteiger charge is 2.30. The van der Waals surface area contributed by atoms with E-state index in [2.05, 4.69) is 9.72 Å². The maximum absolute atomic E-state index is 12.4. The Morgan fingerprint density at radius 3 is 2.50 bits per heavy atom. The Balaban J connectivity index is 2.26. The second-order valence-electron chi connectivity index (χ2n) is 4.01. The van der Waals surface area contributed by atoms with Crippen molar-refractivity contribution in [3.63, 3.8) is 0 Å². The first kappa shape index (κ1) is 14.1. The fourth-order valence-corrected chi connectivity index (χ4v) is 1.60. The van der Waals surface area contributed by atoms with Crippen molar-refractivity contribution in [1.82, 2.24) is 4.98 Å². The zero-order valence-electron chi connectivity index (χ0n) is 10.4. The van der Waals surface area contributed by atoms with Crippen LogP contribution >= 0.6 is 0 Å². The smallest absolute Gasteiger partial charge is 0.416 e. The summed E-state index contributed by atoms with van der Waals surface area (Å²) in [5.41, 5.74) is 0.189. The van der Waals surface area contributed by atoms with Gasteiger partial charge in [0, 0.05) is 5.56 Å². The first-order valence-corrected chi connectivity index (χ1v) is 5.61. The standard InChI is InChI=1S/C13H10F3NO3/c1-8-11(6-19-7-18)20-12(17-8)9-2-4-10(5-3-9)13(14,15)16/h2-5,7H,6H2,1H3. The van der Waals surface area contributed by atoms with Gasteiger partial charge in [0.25, 0.3) is 6.47 Å². The van der Waals surface area contributed by atoms with Gasteiger partial charge in [-0.05, 0) is 31.2 Å². The molecule has 0 atom stereocenters. The van der Waals surface area contributed by atoms with Crippen LogP contribution in [0.2, 0.25) is 0 Å². The summed E-state index contributed by atoms with van der Waals surface area (Å²) in [5, 5.41) is 0. The summed E-state index contributed by atoms with van der Waals surface area (Å²) in [6, 6.07) is 4.46. The van der Waals surface area contributed by atoms with Crippen LogP contribution < -0.4 is 0 Å².